The molecule has 0 atom stereocenters. The van der Waals surface area contributed by atoms with E-state index in [9.17, 15) is 4.39 Å². The molecule has 1 aromatic rings. The Balaban J connectivity index is 2.95. The van der Waals surface area contributed by atoms with Gasteiger partial charge >= 0.3 is 0 Å². The van der Waals surface area contributed by atoms with Crippen molar-refractivity contribution >= 4 is 15.9 Å². The number of allylic oxidation sites excluding steroid dienone is 1. The molecule has 0 saturated carbocycles. The molecule has 0 radical (unpaired) electrons. The van der Waals surface area contributed by atoms with Crippen LogP contribution in [0.3, 0.4) is 0 Å². The standard InChI is InChI=1S/C9H8BrF/c1-2-3-7-4-5-9(11)8(10)6-7/h2,4-6H,1,3H2. The highest BCUT2D eigenvalue weighted by Gasteiger charge is 1.97. The van der Waals surface area contributed by atoms with E-state index in [1.165, 1.54) is 6.07 Å². The Morgan fingerprint density at radius 3 is 2.82 bits per heavy atom. The lowest BCUT2D eigenvalue weighted by Crippen LogP contribution is -1.82. The van der Waals surface area contributed by atoms with Gasteiger partial charge in [-0.1, -0.05) is 12.1 Å². The Labute approximate surface area is 73.9 Å². The molecule has 0 aromatic heterocycles. The molecule has 0 aliphatic heterocycles. The van der Waals surface area contributed by atoms with Crippen molar-refractivity contribution in [1.82, 2.24) is 0 Å². The van der Waals surface area contributed by atoms with Crippen molar-refractivity contribution in [2.75, 3.05) is 0 Å². The summed E-state index contributed by atoms with van der Waals surface area (Å²) in [5.41, 5.74) is 1.06. The Morgan fingerprint density at radius 1 is 1.55 bits per heavy atom. The second-order valence-electron chi connectivity index (χ2n) is 2.24. The predicted molar refractivity (Wildman–Crippen MR) is 48.0 cm³/mol. The predicted octanol–water partition coefficient (Wildman–Crippen LogP) is 3.32. The van der Waals surface area contributed by atoms with Crippen LogP contribution in [0.25, 0.3) is 0 Å². The highest BCUT2D eigenvalue weighted by molar-refractivity contribution is 9.10. The topological polar surface area (TPSA) is 0 Å². The molecule has 0 saturated heterocycles. The van der Waals surface area contributed by atoms with E-state index in [0.29, 0.717) is 4.47 Å². The van der Waals surface area contributed by atoms with Gasteiger partial charge in [0, 0.05) is 0 Å². The monoisotopic (exact) mass is 214 g/mol. The van der Waals surface area contributed by atoms with E-state index in [1.807, 2.05) is 0 Å². The maximum Gasteiger partial charge on any atom is 0.137 e. The van der Waals surface area contributed by atoms with Crippen LogP contribution in [0.15, 0.2) is 35.3 Å². The summed E-state index contributed by atoms with van der Waals surface area (Å²) in [4.78, 5) is 0. The third kappa shape index (κ3) is 2.15. The SMILES string of the molecule is C=CCc1ccc(F)c(Br)c1. The Kier molecular flexibility index (Phi) is 2.83. The molecule has 11 heavy (non-hydrogen) atoms. The first kappa shape index (κ1) is 8.47. The molecule has 1 aromatic carbocycles. The second-order valence-corrected chi connectivity index (χ2v) is 3.10. The molecule has 0 unspecified atom stereocenters. The Bertz CT molecular complexity index is 268. The van der Waals surface area contributed by atoms with E-state index in [2.05, 4.69) is 22.5 Å². The molecular weight excluding hydrogens is 207 g/mol. The third-order valence-electron chi connectivity index (χ3n) is 1.36. The molecular formula is C9H8BrF. The minimum atomic E-state index is -0.224. The summed E-state index contributed by atoms with van der Waals surface area (Å²) >= 11 is 3.11. The van der Waals surface area contributed by atoms with Gasteiger partial charge in [-0.25, -0.2) is 4.39 Å². The van der Waals surface area contributed by atoms with Gasteiger partial charge in [-0.05, 0) is 40.0 Å². The van der Waals surface area contributed by atoms with Crippen molar-refractivity contribution in [3.05, 3.63) is 46.7 Å². The molecule has 0 heterocycles. The number of hydrogen-bond donors (Lipinski definition) is 0. The van der Waals surface area contributed by atoms with Crippen LogP contribution in [0, 0.1) is 5.82 Å². The molecule has 0 aliphatic carbocycles. The summed E-state index contributed by atoms with van der Waals surface area (Å²) in [6.45, 7) is 3.60. The largest absolute Gasteiger partial charge is 0.206 e. The van der Waals surface area contributed by atoms with E-state index >= 15 is 0 Å². The van der Waals surface area contributed by atoms with Gasteiger partial charge in [0.05, 0.1) is 4.47 Å². The van der Waals surface area contributed by atoms with Crippen molar-refractivity contribution in [2.45, 2.75) is 6.42 Å². The van der Waals surface area contributed by atoms with Crippen LogP contribution in [0.5, 0.6) is 0 Å². The van der Waals surface area contributed by atoms with E-state index in [0.717, 1.165) is 12.0 Å². The molecule has 0 aliphatic rings. The summed E-state index contributed by atoms with van der Waals surface area (Å²) in [7, 11) is 0. The van der Waals surface area contributed by atoms with Crippen LogP contribution in [-0.2, 0) is 6.42 Å². The maximum atomic E-state index is 12.7. The molecule has 2 heteroatoms. The van der Waals surface area contributed by atoms with Crippen LogP contribution in [-0.4, -0.2) is 0 Å². The first-order valence-corrected chi connectivity index (χ1v) is 4.08. The summed E-state index contributed by atoms with van der Waals surface area (Å²) in [6.07, 6.45) is 2.57. The fraction of sp³-hybridized carbons (Fsp3) is 0.111. The zero-order chi connectivity index (χ0) is 8.27. The summed E-state index contributed by atoms with van der Waals surface area (Å²) in [6, 6.07) is 4.96. The van der Waals surface area contributed by atoms with Crippen molar-refractivity contribution in [1.29, 1.82) is 0 Å². The van der Waals surface area contributed by atoms with Crippen LogP contribution >= 0.6 is 15.9 Å². The van der Waals surface area contributed by atoms with Gasteiger partial charge in [-0.15, -0.1) is 6.58 Å². The van der Waals surface area contributed by atoms with E-state index in [-0.39, 0.29) is 5.82 Å². The smallest absolute Gasteiger partial charge is 0.137 e. The molecule has 0 amide bonds. The normalized spacial score (nSPS) is 9.64. The zero-order valence-corrected chi connectivity index (χ0v) is 7.57. The molecule has 0 spiro atoms. The number of halogens is 2. The highest BCUT2D eigenvalue weighted by atomic mass is 79.9. The molecule has 1 rings (SSSR count). The Hall–Kier alpha value is -0.630. The molecule has 0 nitrogen and oxygen atoms in total. The minimum Gasteiger partial charge on any atom is -0.206 e. The Morgan fingerprint density at radius 2 is 2.27 bits per heavy atom. The number of hydrogen-bond acceptors (Lipinski definition) is 0. The molecule has 58 valence electrons. The van der Waals surface area contributed by atoms with Gasteiger partial charge in [0.2, 0.25) is 0 Å². The van der Waals surface area contributed by atoms with Gasteiger partial charge in [-0.3, -0.25) is 0 Å². The van der Waals surface area contributed by atoms with E-state index in [4.69, 9.17) is 0 Å². The van der Waals surface area contributed by atoms with Crippen LogP contribution < -0.4 is 0 Å². The third-order valence-corrected chi connectivity index (χ3v) is 1.97. The zero-order valence-electron chi connectivity index (χ0n) is 5.98. The van der Waals surface area contributed by atoms with Gasteiger partial charge < -0.3 is 0 Å². The van der Waals surface area contributed by atoms with E-state index in [1.54, 1.807) is 18.2 Å². The quantitative estimate of drug-likeness (QED) is 0.664. The average Bonchev–Trinajstić information content (AvgIpc) is 1.98. The first-order chi connectivity index (χ1) is 5.24. The van der Waals surface area contributed by atoms with Crippen molar-refractivity contribution < 1.29 is 4.39 Å². The van der Waals surface area contributed by atoms with Gasteiger partial charge in [0.25, 0.3) is 0 Å². The van der Waals surface area contributed by atoms with Crippen molar-refractivity contribution in [2.24, 2.45) is 0 Å². The van der Waals surface area contributed by atoms with Gasteiger partial charge in [0.1, 0.15) is 5.82 Å². The highest BCUT2D eigenvalue weighted by Crippen LogP contribution is 2.16. The number of rotatable bonds is 2. The van der Waals surface area contributed by atoms with Gasteiger partial charge in [-0.2, -0.15) is 0 Å². The van der Waals surface area contributed by atoms with Gasteiger partial charge in [0.15, 0.2) is 0 Å². The minimum absolute atomic E-state index is 0.224. The average molecular weight is 215 g/mol. The molecule has 0 fully saturated rings. The molecule has 0 N–H and O–H groups in total. The van der Waals surface area contributed by atoms with Crippen LogP contribution in [0.4, 0.5) is 4.39 Å². The maximum absolute atomic E-state index is 12.7. The van der Waals surface area contributed by atoms with Crippen molar-refractivity contribution in [3.63, 3.8) is 0 Å². The van der Waals surface area contributed by atoms with Crippen LogP contribution in [0.2, 0.25) is 0 Å². The number of benzene rings is 1. The fourth-order valence-electron chi connectivity index (χ4n) is 0.833. The summed E-state index contributed by atoms with van der Waals surface area (Å²) in [5, 5.41) is 0. The summed E-state index contributed by atoms with van der Waals surface area (Å²) < 4.78 is 13.2. The first-order valence-electron chi connectivity index (χ1n) is 3.29. The summed E-state index contributed by atoms with van der Waals surface area (Å²) in [5.74, 6) is -0.224. The van der Waals surface area contributed by atoms with E-state index < -0.39 is 0 Å². The second kappa shape index (κ2) is 3.67. The molecule has 0 bridgehead atoms. The van der Waals surface area contributed by atoms with Crippen LogP contribution in [0.1, 0.15) is 5.56 Å². The lowest BCUT2D eigenvalue weighted by atomic mass is 10.1. The lowest BCUT2D eigenvalue weighted by molar-refractivity contribution is 0.620. The van der Waals surface area contributed by atoms with Crippen molar-refractivity contribution in [3.8, 4) is 0 Å². The fourth-order valence-corrected chi connectivity index (χ4v) is 1.26. The lowest BCUT2D eigenvalue weighted by Gasteiger charge is -1.97.